The van der Waals surface area contributed by atoms with E-state index in [1.54, 1.807) is 19.0 Å². The van der Waals surface area contributed by atoms with E-state index in [0.717, 1.165) is 44.0 Å². The maximum Gasteiger partial charge on any atom is 0.319 e. The Kier molecular flexibility index (Phi) is 6.71. The van der Waals surface area contributed by atoms with E-state index in [1.807, 2.05) is 15.6 Å². The van der Waals surface area contributed by atoms with Crippen molar-refractivity contribution in [2.75, 3.05) is 40.3 Å². The molecule has 0 atom stereocenters. The van der Waals surface area contributed by atoms with Gasteiger partial charge in [-0.2, -0.15) is 5.10 Å². The van der Waals surface area contributed by atoms with E-state index in [-0.39, 0.29) is 11.9 Å². The molecule has 8 heteroatoms. The van der Waals surface area contributed by atoms with Crippen molar-refractivity contribution in [2.45, 2.75) is 51.7 Å². The average molecular weight is 377 g/mol. The van der Waals surface area contributed by atoms with Crippen molar-refractivity contribution in [3.63, 3.8) is 0 Å². The van der Waals surface area contributed by atoms with Crippen LogP contribution in [0.4, 0.5) is 4.79 Å². The third kappa shape index (κ3) is 5.45. The molecule has 0 spiro atoms. The molecule has 0 radical (unpaired) electrons. The van der Waals surface area contributed by atoms with Crippen LogP contribution >= 0.6 is 0 Å². The van der Waals surface area contributed by atoms with E-state index in [0.29, 0.717) is 19.6 Å². The minimum Gasteiger partial charge on any atom is -0.349 e. The maximum absolute atomic E-state index is 12.3. The van der Waals surface area contributed by atoms with Crippen LogP contribution in [-0.2, 0) is 24.4 Å². The van der Waals surface area contributed by atoms with Crippen LogP contribution in [0.2, 0.25) is 0 Å². The number of hydrogen-bond acceptors (Lipinski definition) is 4. The second-order valence-corrected chi connectivity index (χ2v) is 7.77. The normalized spacial score (nSPS) is 18.4. The highest BCUT2D eigenvalue weighted by Crippen LogP contribution is 2.15. The van der Waals surface area contributed by atoms with Gasteiger partial charge in [0.15, 0.2) is 0 Å². The van der Waals surface area contributed by atoms with E-state index in [2.05, 4.69) is 15.3 Å². The molecule has 2 aliphatic heterocycles. The molecule has 0 bridgehead atoms. The molecule has 1 aromatic rings. The highest BCUT2D eigenvalue weighted by atomic mass is 16.2. The van der Waals surface area contributed by atoms with Crippen LogP contribution in [0.5, 0.6) is 0 Å². The second kappa shape index (κ2) is 9.21. The summed E-state index contributed by atoms with van der Waals surface area (Å²) in [7, 11) is 3.55. The fourth-order valence-electron chi connectivity index (χ4n) is 3.80. The molecule has 1 fully saturated rings. The molecular weight excluding hydrogens is 344 g/mol. The van der Waals surface area contributed by atoms with Gasteiger partial charge in [-0.15, -0.1) is 0 Å². The fraction of sp³-hybridized carbons (Fsp3) is 0.737. The summed E-state index contributed by atoms with van der Waals surface area (Å²) in [5, 5.41) is 7.62. The SMILES string of the molecule is CN(C)C(=O)N1CCCn2nc(CNC(=O)CN3CCCCCC3)cc2C1. The van der Waals surface area contributed by atoms with Gasteiger partial charge in [0.05, 0.1) is 31.0 Å². The number of nitrogens with one attached hydrogen (secondary N) is 1. The number of aromatic nitrogens is 2. The summed E-state index contributed by atoms with van der Waals surface area (Å²) in [6.45, 7) is 5.04. The van der Waals surface area contributed by atoms with Crippen LogP contribution in [0.15, 0.2) is 6.07 Å². The standard InChI is InChI=1S/C19H32N6O2/c1-22(2)19(27)24-10-7-11-25-17(14-24)12-16(21-25)13-20-18(26)15-23-8-5-3-4-6-9-23/h12H,3-11,13-15H2,1-2H3,(H,20,26). The lowest BCUT2D eigenvalue weighted by Gasteiger charge is -2.24. The first kappa shape index (κ1) is 19.7. The Balaban J connectivity index is 1.52. The zero-order valence-corrected chi connectivity index (χ0v) is 16.6. The molecule has 0 saturated carbocycles. The minimum absolute atomic E-state index is 0.0250. The molecule has 1 saturated heterocycles. The van der Waals surface area contributed by atoms with Gasteiger partial charge in [-0.3, -0.25) is 14.4 Å². The maximum atomic E-state index is 12.3. The molecule has 8 nitrogen and oxygen atoms in total. The van der Waals surface area contributed by atoms with Gasteiger partial charge in [-0.05, 0) is 38.4 Å². The average Bonchev–Trinajstić information content (AvgIpc) is 2.81. The number of carbonyl (C=O) groups excluding carboxylic acids is 2. The number of carbonyl (C=O) groups is 2. The van der Waals surface area contributed by atoms with Crippen molar-refractivity contribution in [1.82, 2.24) is 29.8 Å². The van der Waals surface area contributed by atoms with Crippen LogP contribution in [-0.4, -0.2) is 76.7 Å². The summed E-state index contributed by atoms with van der Waals surface area (Å²) < 4.78 is 1.97. The van der Waals surface area contributed by atoms with Gasteiger partial charge in [0, 0.05) is 27.2 Å². The number of hydrogen-bond donors (Lipinski definition) is 1. The summed E-state index contributed by atoms with van der Waals surface area (Å²) in [6.07, 6.45) is 5.79. The number of likely N-dealkylation sites (tertiary alicyclic amines) is 1. The summed E-state index contributed by atoms with van der Waals surface area (Å²) in [6, 6.07) is 2.03. The highest BCUT2D eigenvalue weighted by molar-refractivity contribution is 5.78. The van der Waals surface area contributed by atoms with Crippen molar-refractivity contribution < 1.29 is 9.59 Å². The van der Waals surface area contributed by atoms with Gasteiger partial charge in [-0.1, -0.05) is 12.8 Å². The summed E-state index contributed by atoms with van der Waals surface area (Å²) >= 11 is 0. The molecule has 2 aliphatic rings. The molecule has 3 rings (SSSR count). The Morgan fingerprint density at radius 3 is 2.52 bits per heavy atom. The first-order chi connectivity index (χ1) is 13.0. The van der Waals surface area contributed by atoms with E-state index in [1.165, 1.54) is 25.7 Å². The molecular formula is C19H32N6O2. The Labute approximate surface area is 161 Å². The molecule has 0 unspecified atom stereocenters. The zero-order chi connectivity index (χ0) is 19.2. The zero-order valence-electron chi connectivity index (χ0n) is 16.6. The lowest BCUT2D eigenvalue weighted by molar-refractivity contribution is -0.122. The highest BCUT2D eigenvalue weighted by Gasteiger charge is 2.22. The Morgan fingerprint density at radius 1 is 1.07 bits per heavy atom. The number of rotatable bonds is 4. The summed E-state index contributed by atoms with van der Waals surface area (Å²) in [4.78, 5) is 30.2. The van der Waals surface area contributed by atoms with Crippen LogP contribution in [0.25, 0.3) is 0 Å². The smallest absolute Gasteiger partial charge is 0.319 e. The Hall–Kier alpha value is -2.09. The largest absolute Gasteiger partial charge is 0.349 e. The van der Waals surface area contributed by atoms with Gasteiger partial charge in [0.2, 0.25) is 5.91 Å². The number of amides is 3. The quantitative estimate of drug-likeness (QED) is 0.859. The minimum atomic E-state index is 0.0250. The predicted octanol–water partition coefficient (Wildman–Crippen LogP) is 1.26. The molecule has 27 heavy (non-hydrogen) atoms. The number of nitrogens with zero attached hydrogens (tertiary/aromatic N) is 5. The molecule has 0 aromatic carbocycles. The van der Waals surface area contributed by atoms with E-state index in [9.17, 15) is 9.59 Å². The first-order valence-electron chi connectivity index (χ1n) is 10.0. The topological polar surface area (TPSA) is 73.7 Å². The lowest BCUT2D eigenvalue weighted by atomic mass is 10.2. The van der Waals surface area contributed by atoms with Crippen molar-refractivity contribution >= 4 is 11.9 Å². The molecule has 1 N–H and O–H groups in total. The summed E-state index contributed by atoms with van der Waals surface area (Å²) in [5.41, 5.74) is 1.88. The van der Waals surface area contributed by atoms with Gasteiger partial charge < -0.3 is 15.1 Å². The molecule has 150 valence electrons. The van der Waals surface area contributed by atoms with Crippen molar-refractivity contribution in [2.24, 2.45) is 0 Å². The lowest BCUT2D eigenvalue weighted by Crippen LogP contribution is -2.38. The van der Waals surface area contributed by atoms with Gasteiger partial charge in [0.25, 0.3) is 0 Å². The number of fused-ring (bicyclic) bond motifs is 1. The van der Waals surface area contributed by atoms with Crippen LogP contribution < -0.4 is 5.32 Å². The molecule has 1 aromatic heterocycles. The Morgan fingerprint density at radius 2 is 1.81 bits per heavy atom. The Bertz CT molecular complexity index is 649. The van der Waals surface area contributed by atoms with Crippen LogP contribution in [0, 0.1) is 0 Å². The van der Waals surface area contributed by atoms with Crippen molar-refractivity contribution in [3.05, 3.63) is 17.5 Å². The fourth-order valence-corrected chi connectivity index (χ4v) is 3.80. The molecule has 3 heterocycles. The third-order valence-electron chi connectivity index (χ3n) is 5.25. The van der Waals surface area contributed by atoms with Gasteiger partial charge in [0.1, 0.15) is 0 Å². The number of urea groups is 1. The monoisotopic (exact) mass is 376 g/mol. The van der Waals surface area contributed by atoms with Crippen molar-refractivity contribution in [1.29, 1.82) is 0 Å². The van der Waals surface area contributed by atoms with Crippen LogP contribution in [0.3, 0.4) is 0 Å². The summed E-state index contributed by atoms with van der Waals surface area (Å²) in [5.74, 6) is 0.0597. The van der Waals surface area contributed by atoms with E-state index >= 15 is 0 Å². The molecule has 0 aliphatic carbocycles. The van der Waals surface area contributed by atoms with E-state index < -0.39 is 0 Å². The number of aryl methyl sites for hydroxylation is 1. The first-order valence-corrected chi connectivity index (χ1v) is 10.0. The van der Waals surface area contributed by atoms with Crippen molar-refractivity contribution in [3.8, 4) is 0 Å². The second-order valence-electron chi connectivity index (χ2n) is 7.77. The molecule has 3 amide bonds. The third-order valence-corrected chi connectivity index (χ3v) is 5.25. The van der Waals surface area contributed by atoms with Gasteiger partial charge >= 0.3 is 6.03 Å². The predicted molar refractivity (Wildman–Crippen MR) is 103 cm³/mol. The van der Waals surface area contributed by atoms with Gasteiger partial charge in [-0.25, -0.2) is 4.79 Å². The van der Waals surface area contributed by atoms with Crippen LogP contribution in [0.1, 0.15) is 43.5 Å². The van der Waals surface area contributed by atoms with E-state index in [4.69, 9.17) is 0 Å².